The molecule has 1 N–H and O–H groups in total. The number of ether oxygens (including phenoxy) is 3. The van der Waals surface area contributed by atoms with Crippen molar-refractivity contribution in [2.24, 2.45) is 0 Å². The summed E-state index contributed by atoms with van der Waals surface area (Å²) in [6.07, 6.45) is 0. The Kier molecular flexibility index (Phi) is 5.80. The summed E-state index contributed by atoms with van der Waals surface area (Å²) < 4.78 is 42.3. The Morgan fingerprint density at radius 2 is 1.44 bits per heavy atom. The first-order valence-corrected chi connectivity index (χ1v) is 7.46. The lowest BCUT2D eigenvalue weighted by Crippen LogP contribution is -2.27. The van der Waals surface area contributed by atoms with E-state index in [2.05, 4.69) is 5.32 Å². The Labute approximate surface area is 144 Å². The molecule has 25 heavy (non-hydrogen) atoms. The molecular weight excluding hydrogens is 332 g/mol. The van der Waals surface area contributed by atoms with Crippen LogP contribution in [0.15, 0.2) is 30.3 Å². The molecule has 0 aliphatic heterocycles. The van der Waals surface area contributed by atoms with Gasteiger partial charge in [-0.1, -0.05) is 0 Å². The molecule has 1 atom stereocenters. The minimum atomic E-state index is -0.814. The Bertz CT molecular complexity index is 734. The molecule has 0 saturated heterocycles. The van der Waals surface area contributed by atoms with E-state index in [1.54, 1.807) is 19.1 Å². The Balaban J connectivity index is 2.28. The van der Waals surface area contributed by atoms with Crippen LogP contribution in [-0.4, -0.2) is 27.2 Å². The number of amides is 1. The maximum absolute atomic E-state index is 13.3. The first-order chi connectivity index (χ1) is 11.9. The molecule has 0 heterocycles. The average Bonchev–Trinajstić information content (AvgIpc) is 2.59. The quantitative estimate of drug-likeness (QED) is 0.866. The van der Waals surface area contributed by atoms with E-state index >= 15 is 0 Å². The van der Waals surface area contributed by atoms with E-state index in [-0.39, 0.29) is 5.56 Å². The van der Waals surface area contributed by atoms with Gasteiger partial charge in [0, 0.05) is 11.6 Å². The highest BCUT2D eigenvalue weighted by Gasteiger charge is 2.18. The second-order valence-electron chi connectivity index (χ2n) is 5.31. The monoisotopic (exact) mass is 351 g/mol. The largest absolute Gasteiger partial charge is 0.493 e. The third-order valence-electron chi connectivity index (χ3n) is 3.66. The Morgan fingerprint density at radius 3 is 1.88 bits per heavy atom. The van der Waals surface area contributed by atoms with Crippen LogP contribution in [0.2, 0.25) is 0 Å². The van der Waals surface area contributed by atoms with Crippen molar-refractivity contribution in [1.82, 2.24) is 5.32 Å². The molecule has 7 heteroatoms. The minimum Gasteiger partial charge on any atom is -0.493 e. The van der Waals surface area contributed by atoms with Gasteiger partial charge in [-0.25, -0.2) is 8.78 Å². The van der Waals surface area contributed by atoms with E-state index in [0.717, 1.165) is 12.1 Å². The summed E-state index contributed by atoms with van der Waals surface area (Å²) in [7, 11) is 4.46. The molecular formula is C18H19F2NO4. The normalized spacial score (nSPS) is 11.6. The van der Waals surface area contributed by atoms with Crippen molar-refractivity contribution in [3.63, 3.8) is 0 Å². The molecule has 1 amide bonds. The van der Waals surface area contributed by atoms with E-state index in [0.29, 0.717) is 28.9 Å². The third kappa shape index (κ3) is 4.17. The van der Waals surface area contributed by atoms with Gasteiger partial charge < -0.3 is 19.5 Å². The van der Waals surface area contributed by atoms with Gasteiger partial charge in [0.05, 0.1) is 27.4 Å². The van der Waals surface area contributed by atoms with Gasteiger partial charge in [0.2, 0.25) is 5.75 Å². The highest BCUT2D eigenvalue weighted by atomic mass is 19.1. The first kappa shape index (κ1) is 18.5. The van der Waals surface area contributed by atoms with Crippen LogP contribution in [0, 0.1) is 11.6 Å². The van der Waals surface area contributed by atoms with Crippen molar-refractivity contribution < 1.29 is 27.8 Å². The summed E-state index contributed by atoms with van der Waals surface area (Å²) in [6.45, 7) is 1.73. The standard InChI is InChI=1S/C18H19F2NO4/c1-10(21-18(22)12-5-13(19)9-14(20)6-12)11-7-15(23-2)17(25-4)16(8-11)24-3/h5-10H,1-4H3,(H,21,22). The van der Waals surface area contributed by atoms with Crippen LogP contribution in [0.3, 0.4) is 0 Å². The lowest BCUT2D eigenvalue weighted by atomic mass is 10.1. The van der Waals surface area contributed by atoms with Crippen molar-refractivity contribution in [2.45, 2.75) is 13.0 Å². The van der Waals surface area contributed by atoms with Gasteiger partial charge in [-0.05, 0) is 36.8 Å². The second-order valence-corrected chi connectivity index (χ2v) is 5.31. The van der Waals surface area contributed by atoms with Gasteiger partial charge in [-0.2, -0.15) is 0 Å². The smallest absolute Gasteiger partial charge is 0.251 e. The molecule has 5 nitrogen and oxygen atoms in total. The summed E-state index contributed by atoms with van der Waals surface area (Å²) in [5.41, 5.74) is 0.580. The van der Waals surface area contributed by atoms with E-state index in [9.17, 15) is 13.6 Å². The number of rotatable bonds is 6. The van der Waals surface area contributed by atoms with Crippen LogP contribution in [0.4, 0.5) is 8.78 Å². The number of carbonyl (C=O) groups is 1. The number of hydrogen-bond acceptors (Lipinski definition) is 4. The highest BCUT2D eigenvalue weighted by molar-refractivity contribution is 5.94. The number of methoxy groups -OCH3 is 3. The zero-order valence-corrected chi connectivity index (χ0v) is 14.4. The fraction of sp³-hybridized carbons (Fsp3) is 0.278. The van der Waals surface area contributed by atoms with Gasteiger partial charge in [-0.15, -0.1) is 0 Å². The van der Waals surface area contributed by atoms with Crippen molar-refractivity contribution in [2.75, 3.05) is 21.3 Å². The Morgan fingerprint density at radius 1 is 0.920 bits per heavy atom. The number of halogens is 2. The molecule has 2 rings (SSSR count). The second kappa shape index (κ2) is 7.83. The van der Waals surface area contributed by atoms with Crippen molar-refractivity contribution in [3.05, 3.63) is 53.1 Å². The molecule has 0 fully saturated rings. The lowest BCUT2D eigenvalue weighted by molar-refractivity contribution is 0.0938. The molecule has 0 radical (unpaired) electrons. The summed E-state index contributed by atoms with van der Waals surface area (Å²) in [5, 5.41) is 2.68. The van der Waals surface area contributed by atoms with E-state index < -0.39 is 23.6 Å². The predicted octanol–water partition coefficient (Wildman–Crippen LogP) is 3.48. The summed E-state index contributed by atoms with van der Waals surface area (Å²) in [4.78, 5) is 12.2. The molecule has 0 aliphatic rings. The molecule has 0 aliphatic carbocycles. The third-order valence-corrected chi connectivity index (χ3v) is 3.66. The van der Waals surface area contributed by atoms with Crippen molar-refractivity contribution in [1.29, 1.82) is 0 Å². The number of hydrogen-bond donors (Lipinski definition) is 1. The van der Waals surface area contributed by atoms with E-state index in [1.807, 2.05) is 0 Å². The molecule has 0 spiro atoms. The SMILES string of the molecule is COc1cc(C(C)NC(=O)c2cc(F)cc(F)c2)cc(OC)c1OC. The number of carbonyl (C=O) groups excluding carboxylic acids is 1. The molecule has 134 valence electrons. The maximum atomic E-state index is 13.3. The Hall–Kier alpha value is -2.83. The average molecular weight is 351 g/mol. The molecule has 0 aromatic heterocycles. The van der Waals surface area contributed by atoms with Gasteiger partial charge >= 0.3 is 0 Å². The molecule has 1 unspecified atom stereocenters. The topological polar surface area (TPSA) is 56.8 Å². The van der Waals surface area contributed by atoms with E-state index in [1.165, 1.54) is 21.3 Å². The maximum Gasteiger partial charge on any atom is 0.251 e. The predicted molar refractivity (Wildman–Crippen MR) is 88.3 cm³/mol. The number of benzene rings is 2. The van der Waals surface area contributed by atoms with Crippen molar-refractivity contribution >= 4 is 5.91 Å². The van der Waals surface area contributed by atoms with E-state index in [4.69, 9.17) is 14.2 Å². The summed E-state index contributed by atoms with van der Waals surface area (Å²) >= 11 is 0. The highest BCUT2D eigenvalue weighted by Crippen LogP contribution is 2.39. The van der Waals surface area contributed by atoms with Crippen LogP contribution in [0.25, 0.3) is 0 Å². The van der Waals surface area contributed by atoms with Crippen LogP contribution in [0.1, 0.15) is 28.9 Å². The molecule has 0 bridgehead atoms. The lowest BCUT2D eigenvalue weighted by Gasteiger charge is -2.19. The van der Waals surface area contributed by atoms with Gasteiger partial charge in [0.1, 0.15) is 11.6 Å². The fourth-order valence-electron chi connectivity index (χ4n) is 2.40. The summed E-state index contributed by atoms with van der Waals surface area (Å²) in [6, 6.07) is 5.57. The molecule has 0 saturated carbocycles. The van der Waals surface area contributed by atoms with Crippen LogP contribution >= 0.6 is 0 Å². The minimum absolute atomic E-state index is 0.100. The first-order valence-electron chi connectivity index (χ1n) is 7.46. The fourth-order valence-corrected chi connectivity index (χ4v) is 2.40. The number of nitrogens with one attached hydrogen (secondary N) is 1. The molecule has 2 aromatic carbocycles. The van der Waals surface area contributed by atoms with Gasteiger partial charge in [-0.3, -0.25) is 4.79 Å². The van der Waals surface area contributed by atoms with Crippen molar-refractivity contribution in [3.8, 4) is 17.2 Å². The van der Waals surface area contributed by atoms with Gasteiger partial charge in [0.15, 0.2) is 11.5 Å². The summed E-state index contributed by atoms with van der Waals surface area (Å²) in [5.74, 6) is -0.917. The van der Waals surface area contributed by atoms with Crippen LogP contribution in [-0.2, 0) is 0 Å². The van der Waals surface area contributed by atoms with Crippen LogP contribution < -0.4 is 19.5 Å². The van der Waals surface area contributed by atoms with Gasteiger partial charge in [0.25, 0.3) is 5.91 Å². The molecule has 2 aromatic rings. The zero-order chi connectivity index (χ0) is 18.6. The zero-order valence-electron chi connectivity index (χ0n) is 14.4. The van der Waals surface area contributed by atoms with Crippen LogP contribution in [0.5, 0.6) is 17.2 Å².